The van der Waals surface area contributed by atoms with Crippen LogP contribution in [0.3, 0.4) is 0 Å². The molecule has 0 saturated heterocycles. The smallest absolute Gasteiger partial charge is 0.0648 e. The van der Waals surface area contributed by atoms with Gasteiger partial charge in [0.25, 0.3) is 0 Å². The maximum atomic E-state index is 5.80. The van der Waals surface area contributed by atoms with Gasteiger partial charge in [0.05, 0.1) is 12.7 Å². The Bertz CT molecular complexity index is 250. The Hall–Kier alpha value is -0.560. The minimum absolute atomic E-state index is 0.508. The van der Waals surface area contributed by atoms with Gasteiger partial charge in [0.2, 0.25) is 0 Å². The van der Waals surface area contributed by atoms with Crippen LogP contribution in [0, 0.1) is 17.8 Å². The molecule has 0 radical (unpaired) electrons. The summed E-state index contributed by atoms with van der Waals surface area (Å²) in [5, 5.41) is 0. The quantitative estimate of drug-likeness (QED) is 0.556. The van der Waals surface area contributed by atoms with Crippen molar-refractivity contribution in [1.29, 1.82) is 0 Å². The van der Waals surface area contributed by atoms with Gasteiger partial charge in [-0.05, 0) is 69.1 Å². The van der Waals surface area contributed by atoms with Crippen molar-refractivity contribution in [3.63, 3.8) is 0 Å². The van der Waals surface area contributed by atoms with Crippen molar-refractivity contribution in [2.45, 2.75) is 70.3 Å². The lowest BCUT2D eigenvalue weighted by molar-refractivity contribution is 0.0211. The Morgan fingerprint density at radius 3 is 1.95 bits per heavy atom. The van der Waals surface area contributed by atoms with E-state index in [9.17, 15) is 0 Å². The highest BCUT2D eigenvalue weighted by Gasteiger charge is 2.30. The molecule has 0 aromatic rings. The van der Waals surface area contributed by atoms with Crippen LogP contribution in [0.2, 0.25) is 0 Å². The van der Waals surface area contributed by atoms with Crippen LogP contribution in [0.25, 0.3) is 0 Å². The second-order valence-corrected chi connectivity index (χ2v) is 6.81. The van der Waals surface area contributed by atoms with E-state index in [2.05, 4.69) is 19.2 Å². The lowest BCUT2D eigenvalue weighted by Gasteiger charge is -2.37. The Morgan fingerprint density at radius 2 is 1.40 bits per heavy atom. The molecule has 114 valence electrons. The standard InChI is InChI=1S/C19H32O/c1-3-5-6-16-7-9-17(10-8-16)18-11-13-19(14-12-18)20-15-4-2/h3-4,16-19H,1-2,5-15H2. The molecule has 0 unspecified atom stereocenters. The molecule has 0 aromatic carbocycles. The van der Waals surface area contributed by atoms with Gasteiger partial charge in [-0.15, -0.1) is 13.2 Å². The fourth-order valence-corrected chi connectivity index (χ4v) is 4.23. The molecule has 0 spiro atoms. The first-order chi connectivity index (χ1) is 9.83. The Labute approximate surface area is 125 Å². The third-order valence-corrected chi connectivity index (χ3v) is 5.51. The van der Waals surface area contributed by atoms with Crippen LogP contribution in [-0.4, -0.2) is 12.7 Å². The molecule has 0 aromatic heterocycles. The van der Waals surface area contributed by atoms with Gasteiger partial charge in [0.15, 0.2) is 0 Å². The minimum Gasteiger partial charge on any atom is -0.374 e. The van der Waals surface area contributed by atoms with E-state index in [-0.39, 0.29) is 0 Å². The molecule has 0 aliphatic heterocycles. The summed E-state index contributed by atoms with van der Waals surface area (Å²) in [6.07, 6.45) is 18.3. The van der Waals surface area contributed by atoms with Crippen molar-refractivity contribution < 1.29 is 4.74 Å². The van der Waals surface area contributed by atoms with Gasteiger partial charge in [-0.25, -0.2) is 0 Å². The highest BCUT2D eigenvalue weighted by molar-refractivity contribution is 4.83. The van der Waals surface area contributed by atoms with Crippen LogP contribution in [0.4, 0.5) is 0 Å². The summed E-state index contributed by atoms with van der Waals surface area (Å²) >= 11 is 0. The van der Waals surface area contributed by atoms with Crippen LogP contribution in [0.5, 0.6) is 0 Å². The molecular formula is C19H32O. The average molecular weight is 276 g/mol. The summed E-state index contributed by atoms with van der Waals surface area (Å²) in [4.78, 5) is 0. The lowest BCUT2D eigenvalue weighted by atomic mass is 9.70. The van der Waals surface area contributed by atoms with Gasteiger partial charge in [-0.2, -0.15) is 0 Å². The fraction of sp³-hybridized carbons (Fsp3) is 0.789. The van der Waals surface area contributed by atoms with E-state index in [0.717, 1.165) is 24.4 Å². The normalized spacial score (nSPS) is 34.6. The molecule has 0 atom stereocenters. The van der Waals surface area contributed by atoms with Crippen LogP contribution < -0.4 is 0 Å². The predicted molar refractivity (Wildman–Crippen MR) is 86.8 cm³/mol. The number of hydrogen-bond donors (Lipinski definition) is 0. The topological polar surface area (TPSA) is 9.23 Å². The highest BCUT2D eigenvalue weighted by Crippen LogP contribution is 2.41. The Kier molecular flexibility index (Phi) is 6.86. The summed E-state index contributed by atoms with van der Waals surface area (Å²) in [5.41, 5.74) is 0. The fourth-order valence-electron chi connectivity index (χ4n) is 4.23. The molecule has 0 bridgehead atoms. The molecule has 0 N–H and O–H groups in total. The van der Waals surface area contributed by atoms with Gasteiger partial charge in [0, 0.05) is 0 Å². The SMILES string of the molecule is C=CCCC1CCC(C2CCC(OCC=C)CC2)CC1. The molecule has 1 heteroatoms. The molecule has 2 fully saturated rings. The Morgan fingerprint density at radius 1 is 0.800 bits per heavy atom. The summed E-state index contributed by atoms with van der Waals surface area (Å²) in [6.45, 7) is 8.30. The van der Waals surface area contributed by atoms with Crippen molar-refractivity contribution in [2.75, 3.05) is 6.61 Å². The third-order valence-electron chi connectivity index (χ3n) is 5.51. The van der Waals surface area contributed by atoms with Crippen molar-refractivity contribution in [1.82, 2.24) is 0 Å². The van der Waals surface area contributed by atoms with E-state index < -0.39 is 0 Å². The number of rotatable bonds is 7. The third kappa shape index (κ3) is 4.77. The van der Waals surface area contributed by atoms with E-state index in [1.807, 2.05) is 6.08 Å². The van der Waals surface area contributed by atoms with E-state index in [4.69, 9.17) is 4.74 Å². The van der Waals surface area contributed by atoms with E-state index in [1.165, 1.54) is 64.2 Å². The van der Waals surface area contributed by atoms with E-state index in [1.54, 1.807) is 0 Å². The summed E-state index contributed by atoms with van der Waals surface area (Å²) in [7, 11) is 0. The summed E-state index contributed by atoms with van der Waals surface area (Å²) in [5.74, 6) is 2.98. The summed E-state index contributed by atoms with van der Waals surface area (Å²) < 4.78 is 5.80. The molecule has 2 aliphatic carbocycles. The lowest BCUT2D eigenvalue weighted by Crippen LogP contribution is -2.28. The van der Waals surface area contributed by atoms with Crippen LogP contribution in [-0.2, 0) is 4.74 Å². The first-order valence-corrected chi connectivity index (χ1v) is 8.66. The molecule has 2 rings (SSSR count). The molecule has 0 amide bonds. The summed E-state index contributed by atoms with van der Waals surface area (Å²) in [6, 6.07) is 0. The van der Waals surface area contributed by atoms with Crippen molar-refractivity contribution in [3.05, 3.63) is 25.3 Å². The molecule has 20 heavy (non-hydrogen) atoms. The van der Waals surface area contributed by atoms with Gasteiger partial charge in [-0.3, -0.25) is 0 Å². The maximum Gasteiger partial charge on any atom is 0.0648 e. The first kappa shape index (κ1) is 15.8. The van der Waals surface area contributed by atoms with Crippen molar-refractivity contribution in [2.24, 2.45) is 17.8 Å². The molecule has 1 nitrogen and oxygen atoms in total. The largest absolute Gasteiger partial charge is 0.374 e. The first-order valence-electron chi connectivity index (χ1n) is 8.66. The molecule has 2 aliphatic rings. The number of ether oxygens (including phenoxy) is 1. The second kappa shape index (κ2) is 8.67. The molecular weight excluding hydrogens is 244 g/mol. The van der Waals surface area contributed by atoms with Gasteiger partial charge in [-0.1, -0.05) is 25.0 Å². The zero-order chi connectivity index (χ0) is 14.2. The zero-order valence-corrected chi connectivity index (χ0v) is 13.1. The second-order valence-electron chi connectivity index (χ2n) is 6.81. The molecule has 0 heterocycles. The van der Waals surface area contributed by atoms with Crippen LogP contribution in [0.1, 0.15) is 64.2 Å². The predicted octanol–water partition coefficient (Wildman–Crippen LogP) is 5.52. The molecule has 2 saturated carbocycles. The Balaban J connectivity index is 1.65. The van der Waals surface area contributed by atoms with Crippen molar-refractivity contribution >= 4 is 0 Å². The van der Waals surface area contributed by atoms with Gasteiger partial charge < -0.3 is 4.74 Å². The van der Waals surface area contributed by atoms with Crippen LogP contribution >= 0.6 is 0 Å². The average Bonchev–Trinajstić information content (AvgIpc) is 2.52. The number of hydrogen-bond acceptors (Lipinski definition) is 1. The number of allylic oxidation sites excluding steroid dienone is 1. The maximum absolute atomic E-state index is 5.80. The van der Waals surface area contributed by atoms with Gasteiger partial charge >= 0.3 is 0 Å². The van der Waals surface area contributed by atoms with Crippen LogP contribution in [0.15, 0.2) is 25.3 Å². The zero-order valence-electron chi connectivity index (χ0n) is 13.1. The monoisotopic (exact) mass is 276 g/mol. The highest BCUT2D eigenvalue weighted by atomic mass is 16.5. The minimum atomic E-state index is 0.508. The van der Waals surface area contributed by atoms with E-state index >= 15 is 0 Å². The van der Waals surface area contributed by atoms with E-state index in [0.29, 0.717) is 6.10 Å². The van der Waals surface area contributed by atoms with Gasteiger partial charge in [0.1, 0.15) is 0 Å². The van der Waals surface area contributed by atoms with Crippen molar-refractivity contribution in [3.8, 4) is 0 Å².